The van der Waals surface area contributed by atoms with Gasteiger partial charge in [0.2, 0.25) is 53.2 Å². The van der Waals surface area contributed by atoms with Crippen LogP contribution in [-0.4, -0.2) is 244 Å². The van der Waals surface area contributed by atoms with Gasteiger partial charge in [0.15, 0.2) is 12.0 Å². The Bertz CT molecular complexity index is 5560. The molecule has 38 heteroatoms. The van der Waals surface area contributed by atoms with E-state index in [1.165, 1.54) is 16.7 Å². The summed E-state index contributed by atoms with van der Waals surface area (Å²) < 4.78 is 39.9. The van der Waals surface area contributed by atoms with Crippen molar-refractivity contribution in [3.05, 3.63) is 171 Å². The lowest BCUT2D eigenvalue weighted by Gasteiger charge is -2.56. The standard InChI is InChI=1S/C110H150N14O24/c1-68(2)94(85(127)61-75(23-17-50-115-105(111)140)99(135)116-77-37-29-70(30-38-77)66-147-106(141)120-83(64-125)101(137)117-78-39-34-73-36-41-89-108(5,80(73)62-78)46-19-48-110(89,7)104(139)122-103(138)109(6)47-18-45-107(4)79-60-69(3)28-31-72(79)35-40-88(107)109)121-100(136)82(25-15-16-49-113-92(130)67-146-86-27-10-8-9-24-81(95(86)123-112)119-102-98(134)97(133)96(132)87(65-126)148-102)118-91(129)44-52-142-54-56-144-58-59-145-57-55-143-53-51-114-90(128)42-43-93(131)124-63-76-22-12-11-20-71(76)32-33-74-21-13-14-26-84(74)124/h11-14,20-22,26,28-31,34,37-39,60,62,68,75,82-83,86-89,94,96-98,102,112,119,125-126,132-134H,8-10,15-19,23-25,27,35-36,40-59,61,63-67H2,1-7H3,(H,113,130)(H,114,128)(H,116,135)(H,117,137)(H,118,129)(H,120,141)(H,121,136)(H3,111,115,140)(H,122,138,139)/t75-,82-,83+,86?,87-,88-,89-,94+,96+,97+,98-,102-,107-,108-,109+,110+/m1/s1. The van der Waals surface area contributed by atoms with Crippen molar-refractivity contribution in [1.29, 1.82) is 5.53 Å². The van der Waals surface area contributed by atoms with Crippen LogP contribution in [0.4, 0.5) is 26.7 Å². The lowest BCUT2D eigenvalue weighted by molar-refractivity contribution is -0.234. The van der Waals surface area contributed by atoms with Crippen LogP contribution < -0.4 is 63.8 Å². The number of allylic oxidation sites excluding steroid dienone is 1. The lowest BCUT2D eigenvalue weighted by Crippen LogP contribution is -2.62. The van der Waals surface area contributed by atoms with E-state index in [4.69, 9.17) is 44.4 Å². The number of alkyl carbamates (subject to hydrolysis) is 1. The molecule has 12 rings (SSSR count). The number of nitrogens with zero attached hydrogens (tertiary/aromatic N) is 2. The van der Waals surface area contributed by atoms with Gasteiger partial charge in [-0.2, -0.15) is 5.11 Å². The molecular formula is C110H150N14O24. The molecule has 1 unspecified atom stereocenters. The molecule has 0 radical (unpaired) electrons. The van der Waals surface area contributed by atoms with Crippen molar-refractivity contribution in [1.82, 2.24) is 42.5 Å². The Morgan fingerprint density at radius 1 is 0.568 bits per heavy atom. The highest BCUT2D eigenvalue weighted by Crippen LogP contribution is 2.60. The average Bonchev–Trinajstić information content (AvgIpc) is 0.718. The summed E-state index contributed by atoms with van der Waals surface area (Å²) in [5.41, 5.74) is 22.0. The van der Waals surface area contributed by atoms with Crippen molar-refractivity contribution in [3.8, 4) is 11.8 Å². The Kier molecular flexibility index (Phi) is 42.6. The van der Waals surface area contributed by atoms with E-state index < -0.39 is 157 Å². The molecule has 18 N–H and O–H groups in total. The van der Waals surface area contributed by atoms with Gasteiger partial charge < -0.3 is 117 Å². The Labute approximate surface area is 865 Å². The fourth-order valence-electron chi connectivity index (χ4n) is 22.3. The molecule has 5 aromatic rings. The third kappa shape index (κ3) is 30.5. The van der Waals surface area contributed by atoms with Gasteiger partial charge in [-0.1, -0.05) is 151 Å². The highest BCUT2D eigenvalue weighted by molar-refractivity contribution is 6.02. The van der Waals surface area contributed by atoms with E-state index in [-0.39, 0.29) is 171 Å². The fourth-order valence-corrected chi connectivity index (χ4v) is 22.3. The van der Waals surface area contributed by atoms with Gasteiger partial charge in [0.25, 0.3) is 0 Å². The number of rotatable bonds is 51. The summed E-state index contributed by atoms with van der Waals surface area (Å²) in [7, 11) is 0. The Balaban J connectivity index is 0.595. The molecule has 0 spiro atoms. The van der Waals surface area contributed by atoms with Gasteiger partial charge in [-0.15, -0.1) is 0 Å². The van der Waals surface area contributed by atoms with Crippen LogP contribution in [0.5, 0.6) is 0 Å². The van der Waals surface area contributed by atoms with Crippen LogP contribution in [-0.2, 0) is 118 Å². The number of nitrogens with one attached hydrogen (secondary N) is 11. The third-order valence-electron chi connectivity index (χ3n) is 30.5. The molecule has 38 nitrogen and oxygen atoms in total. The summed E-state index contributed by atoms with van der Waals surface area (Å²) in [5, 5.41) is 83.6. The summed E-state index contributed by atoms with van der Waals surface area (Å²) in [6, 6.07) is 29.0. The number of ether oxygens (including phenoxy) is 7. The molecule has 1 saturated heterocycles. The average molecular weight is 2050 g/mol. The topological polar surface area (TPSA) is 556 Å². The van der Waals surface area contributed by atoms with Crippen LogP contribution in [0.1, 0.15) is 233 Å². The normalized spacial score (nSPS) is 23.6. The van der Waals surface area contributed by atoms with E-state index in [1.807, 2.05) is 67.6 Å². The molecule has 804 valence electrons. The van der Waals surface area contributed by atoms with Crippen LogP contribution in [0.2, 0.25) is 0 Å². The first kappa shape index (κ1) is 115. The van der Waals surface area contributed by atoms with Crippen LogP contribution in [0.15, 0.2) is 126 Å². The number of benzene rings is 5. The highest BCUT2D eigenvalue weighted by atomic mass is 16.6. The molecule has 0 bridgehead atoms. The molecule has 5 aliphatic carbocycles. The molecule has 2 heterocycles. The summed E-state index contributed by atoms with van der Waals surface area (Å²) in [6.45, 7) is 13.9. The minimum Gasteiger partial charge on any atom is -0.445 e. The maximum atomic E-state index is 14.9. The second-order valence-corrected chi connectivity index (χ2v) is 41.2. The van der Waals surface area contributed by atoms with Crippen molar-refractivity contribution in [3.63, 3.8) is 0 Å². The molecule has 2 aliphatic heterocycles. The number of nitrogens with two attached hydrogens (primary N) is 1. The number of Topliss-reactive ketones (excluding diaryl/α,β-unsaturated/α-hetero) is 1. The molecule has 5 aromatic carbocycles. The zero-order chi connectivity index (χ0) is 106. The van der Waals surface area contributed by atoms with Crippen LogP contribution in [0.3, 0.4) is 0 Å². The maximum absolute atomic E-state index is 14.9. The summed E-state index contributed by atoms with van der Waals surface area (Å²) in [6.07, 6.45) is 1.63. The fraction of sp³-hybridized carbons (Fsp3) is 0.582. The quantitative estimate of drug-likeness (QED) is 0.00748. The van der Waals surface area contributed by atoms with E-state index in [1.54, 1.807) is 49.1 Å². The van der Waals surface area contributed by atoms with Gasteiger partial charge in [0.05, 0.1) is 95.2 Å². The second-order valence-electron chi connectivity index (χ2n) is 41.2. The first-order valence-corrected chi connectivity index (χ1v) is 52.2. The number of amides is 12. The van der Waals surface area contributed by atoms with Crippen LogP contribution >= 0.6 is 0 Å². The molecule has 7 aliphatic rings. The predicted molar refractivity (Wildman–Crippen MR) is 548 cm³/mol. The van der Waals surface area contributed by atoms with Crippen molar-refractivity contribution in [2.24, 2.45) is 45.3 Å². The summed E-state index contributed by atoms with van der Waals surface area (Å²) in [4.78, 5) is 168. The summed E-state index contributed by atoms with van der Waals surface area (Å²) >= 11 is 0. The predicted octanol–water partition coefficient (Wildman–Crippen LogP) is 8.74. The van der Waals surface area contributed by atoms with Gasteiger partial charge in [-0.25, -0.2) is 15.1 Å². The van der Waals surface area contributed by atoms with Crippen molar-refractivity contribution in [2.45, 2.75) is 281 Å². The van der Waals surface area contributed by atoms with E-state index in [9.17, 15) is 83.1 Å². The van der Waals surface area contributed by atoms with E-state index in [0.717, 1.165) is 79.2 Å². The molecule has 2 saturated carbocycles. The lowest BCUT2D eigenvalue weighted by atomic mass is 9.49. The van der Waals surface area contributed by atoms with Crippen molar-refractivity contribution in [2.75, 3.05) is 108 Å². The third-order valence-corrected chi connectivity index (χ3v) is 30.5. The van der Waals surface area contributed by atoms with E-state index in [0.29, 0.717) is 86.2 Å². The summed E-state index contributed by atoms with van der Waals surface area (Å²) in [5.74, 6) is 0.170. The van der Waals surface area contributed by atoms with Crippen molar-refractivity contribution < 1.29 is 116 Å². The number of primary amides is 1. The van der Waals surface area contributed by atoms with Gasteiger partial charge in [0, 0.05) is 79.4 Å². The Hall–Kier alpha value is -12.0. The number of aliphatic hydroxyl groups is 5. The number of fused-ring (bicyclic) bond motifs is 8. The van der Waals surface area contributed by atoms with E-state index >= 15 is 0 Å². The SMILES string of the molecule is Cc1ccc2c(c1)[C@@]1(C)CCC[C@](C)(C(=O)NC(=O)[C@@]3(C)CCC[C@]4(C)c5cc(NC(=O)[C@H](CO)NC(=O)OCc6ccc(NC(=O)[C@H](CCCNC(N)=O)CC(=O)[C@@H](NC(=O)[C@@H](CCCCNC(=O)COC7CCCCCC(N[C@@H]8O[C@H](CO)[C@H](O)[C@H](O)[C@H]8O)=C7N=N)NC(=O)CCOCCOCCOCCOCCNC(=O)CCC(=O)N7Cc8ccccc8C#Cc8ccccc87)C(C)C)cc6)ccc5CC[C@@H]34)[C@@H]1CC2. The van der Waals surface area contributed by atoms with E-state index in [2.05, 4.69) is 116 Å². The largest absolute Gasteiger partial charge is 0.445 e. The van der Waals surface area contributed by atoms with Gasteiger partial charge in [-0.05, 0) is 214 Å². The van der Waals surface area contributed by atoms with Gasteiger partial charge in [0.1, 0.15) is 61.5 Å². The van der Waals surface area contributed by atoms with Gasteiger partial charge in [-0.3, -0.25) is 53.3 Å². The number of unbranched alkanes of at least 4 members (excludes halogenated alkanes) is 1. The van der Waals surface area contributed by atoms with Crippen LogP contribution in [0, 0.1) is 58.8 Å². The molecule has 0 aromatic heterocycles. The number of para-hydroxylation sites is 1. The molecule has 3 fully saturated rings. The zero-order valence-corrected chi connectivity index (χ0v) is 86.1. The highest BCUT2D eigenvalue weighted by Gasteiger charge is 2.59. The smallest absolute Gasteiger partial charge is 0.408 e. The minimum atomic E-state index is -1.66. The molecular weight excluding hydrogens is 1900 g/mol. The number of aryl methyl sites for hydroxylation is 3. The Morgan fingerprint density at radius 3 is 1.84 bits per heavy atom. The monoisotopic (exact) mass is 2050 g/mol. The van der Waals surface area contributed by atoms with Gasteiger partial charge >= 0.3 is 12.1 Å². The molecule has 16 atom stereocenters. The molecule has 12 amide bonds. The first-order valence-electron chi connectivity index (χ1n) is 52.2. The number of urea groups is 1. The number of hydrogen-bond donors (Lipinski definition) is 17. The van der Waals surface area contributed by atoms with Crippen LogP contribution in [0.25, 0.3) is 0 Å². The number of hydrogen-bond acceptors (Lipinski definition) is 27. The number of carbonyl (C=O) groups is 12. The zero-order valence-electron chi connectivity index (χ0n) is 86.1. The molecule has 148 heavy (non-hydrogen) atoms. The number of carbonyl (C=O) groups excluding carboxylic acids is 12. The number of imide groups is 1. The Morgan fingerprint density at radius 2 is 1.18 bits per heavy atom. The number of ketones is 1. The minimum absolute atomic E-state index is 0.00131. The second kappa shape index (κ2) is 55.0. The maximum Gasteiger partial charge on any atom is 0.408 e. The number of anilines is 3. The first-order chi connectivity index (χ1) is 71.1. The van der Waals surface area contributed by atoms with Crippen molar-refractivity contribution >= 4 is 88.1 Å². The number of aliphatic hydroxyl groups excluding tert-OH is 5.